The Kier molecular flexibility index (Phi) is 7.07. The Labute approximate surface area is 173 Å². The van der Waals surface area contributed by atoms with Gasteiger partial charge in [-0.25, -0.2) is 0 Å². The number of carbonyl (C=O) groups excluding carboxylic acids is 1. The van der Waals surface area contributed by atoms with Gasteiger partial charge in [0.25, 0.3) is 0 Å². The normalized spacial score (nSPS) is 22.9. The van der Waals surface area contributed by atoms with E-state index in [2.05, 4.69) is 10.2 Å². The minimum absolute atomic E-state index is 0. The number of piperidine rings is 1. The second kappa shape index (κ2) is 9.13. The Morgan fingerprint density at radius 2 is 1.81 bits per heavy atom. The Bertz CT molecular complexity index is 637. The molecule has 27 heavy (non-hydrogen) atoms. The molecule has 0 spiro atoms. The summed E-state index contributed by atoms with van der Waals surface area (Å²) in [5.74, 6) is 1.15. The van der Waals surface area contributed by atoms with Crippen LogP contribution in [0.5, 0.6) is 0 Å². The van der Waals surface area contributed by atoms with Crippen LogP contribution in [0.2, 0.25) is 5.02 Å². The molecule has 1 aromatic carbocycles. The van der Waals surface area contributed by atoms with Crippen LogP contribution in [0.4, 0.5) is 0 Å². The van der Waals surface area contributed by atoms with Crippen molar-refractivity contribution in [3.63, 3.8) is 0 Å². The summed E-state index contributed by atoms with van der Waals surface area (Å²) >= 11 is 6.51. The van der Waals surface area contributed by atoms with E-state index < -0.39 is 5.41 Å². The second-order valence-corrected chi connectivity index (χ2v) is 8.50. The van der Waals surface area contributed by atoms with Gasteiger partial charge in [0.05, 0.1) is 5.41 Å². The van der Waals surface area contributed by atoms with Crippen LogP contribution in [-0.2, 0) is 14.9 Å². The number of benzene rings is 1. The van der Waals surface area contributed by atoms with Crippen LogP contribution in [0.1, 0.15) is 44.1 Å². The van der Waals surface area contributed by atoms with E-state index in [1.54, 1.807) is 0 Å². The number of nitrogens with zero attached hydrogens (tertiary/aromatic N) is 1. The van der Waals surface area contributed by atoms with Crippen molar-refractivity contribution in [1.29, 1.82) is 0 Å². The van der Waals surface area contributed by atoms with Crippen molar-refractivity contribution < 1.29 is 9.53 Å². The fourth-order valence-electron chi connectivity index (χ4n) is 4.41. The molecule has 150 valence electrons. The monoisotopic (exact) mass is 412 g/mol. The Morgan fingerprint density at radius 1 is 1.15 bits per heavy atom. The maximum atomic E-state index is 13.6. The first-order valence-electron chi connectivity index (χ1n) is 10.0. The van der Waals surface area contributed by atoms with Crippen molar-refractivity contribution in [2.75, 3.05) is 32.8 Å². The topological polar surface area (TPSA) is 41.6 Å². The number of hydrogen-bond acceptors (Lipinski definition) is 3. The van der Waals surface area contributed by atoms with E-state index in [0.717, 1.165) is 56.8 Å². The van der Waals surface area contributed by atoms with Gasteiger partial charge in [-0.05, 0) is 62.6 Å². The van der Waals surface area contributed by atoms with Crippen LogP contribution < -0.4 is 5.32 Å². The average molecular weight is 413 g/mol. The smallest absolute Gasteiger partial charge is 0.233 e. The highest BCUT2D eigenvalue weighted by Crippen LogP contribution is 2.40. The van der Waals surface area contributed by atoms with E-state index in [0.29, 0.717) is 24.3 Å². The third-order valence-corrected chi connectivity index (χ3v) is 6.65. The first-order valence-corrected chi connectivity index (χ1v) is 10.4. The maximum absolute atomic E-state index is 13.6. The molecule has 2 saturated heterocycles. The predicted octanol–water partition coefficient (Wildman–Crippen LogP) is 3.80. The van der Waals surface area contributed by atoms with Crippen molar-refractivity contribution in [2.45, 2.75) is 50.0 Å². The summed E-state index contributed by atoms with van der Waals surface area (Å²) in [5.41, 5.74) is 0.453. The second-order valence-electron chi connectivity index (χ2n) is 8.09. The fraction of sp³-hybridized carbons (Fsp3) is 0.667. The van der Waals surface area contributed by atoms with Crippen LogP contribution in [-0.4, -0.2) is 49.7 Å². The molecular formula is C21H30Cl2N2O2. The van der Waals surface area contributed by atoms with Gasteiger partial charge in [-0.15, -0.1) is 12.4 Å². The van der Waals surface area contributed by atoms with Gasteiger partial charge in [0.1, 0.15) is 0 Å². The first-order chi connectivity index (χ1) is 12.7. The number of hydrogen-bond donors (Lipinski definition) is 1. The van der Waals surface area contributed by atoms with E-state index in [4.69, 9.17) is 16.3 Å². The Morgan fingerprint density at radius 3 is 2.44 bits per heavy atom. The standard InChI is InChI=1S/C21H29ClN2O2.ClH/c22-19-4-2-1-3-18(19)21(9-13-26-14-10-21)20(25)24-11-7-17(8-12-24)23-15-16-5-6-16;/h1-4,16-17,23H,5-15H2;1H. The number of amides is 1. The molecule has 1 aromatic rings. The molecule has 3 fully saturated rings. The molecule has 4 nitrogen and oxygen atoms in total. The number of rotatable bonds is 5. The summed E-state index contributed by atoms with van der Waals surface area (Å²) in [6, 6.07) is 8.40. The fourth-order valence-corrected chi connectivity index (χ4v) is 4.73. The maximum Gasteiger partial charge on any atom is 0.233 e. The van der Waals surface area contributed by atoms with Crippen molar-refractivity contribution in [1.82, 2.24) is 10.2 Å². The quantitative estimate of drug-likeness (QED) is 0.799. The highest BCUT2D eigenvalue weighted by Gasteiger charge is 2.45. The highest BCUT2D eigenvalue weighted by molar-refractivity contribution is 6.31. The first kappa shape index (κ1) is 20.9. The summed E-state index contributed by atoms with van der Waals surface area (Å²) in [4.78, 5) is 15.7. The molecule has 0 atom stereocenters. The lowest BCUT2D eigenvalue weighted by molar-refractivity contribution is -0.142. The van der Waals surface area contributed by atoms with Crippen LogP contribution in [0.25, 0.3) is 0 Å². The van der Waals surface area contributed by atoms with Crippen LogP contribution in [0.15, 0.2) is 24.3 Å². The summed E-state index contributed by atoms with van der Waals surface area (Å²) in [5, 5.41) is 4.39. The number of halogens is 2. The molecule has 3 aliphatic rings. The third-order valence-electron chi connectivity index (χ3n) is 6.32. The minimum Gasteiger partial charge on any atom is -0.381 e. The molecule has 6 heteroatoms. The number of carbonyl (C=O) groups is 1. The zero-order chi connectivity index (χ0) is 18.0. The zero-order valence-electron chi connectivity index (χ0n) is 15.8. The minimum atomic E-state index is -0.523. The SMILES string of the molecule is Cl.O=C(N1CCC(NCC2CC2)CC1)C1(c2ccccc2Cl)CCOCC1. The average Bonchev–Trinajstić information content (AvgIpc) is 3.52. The van der Waals surface area contributed by atoms with Gasteiger partial charge < -0.3 is 15.0 Å². The van der Waals surface area contributed by atoms with Gasteiger partial charge in [-0.2, -0.15) is 0 Å². The molecule has 1 N–H and O–H groups in total. The summed E-state index contributed by atoms with van der Waals surface area (Å²) in [6.45, 7) is 4.08. The number of likely N-dealkylation sites (tertiary alicyclic amines) is 1. The molecule has 2 aliphatic heterocycles. The molecule has 0 bridgehead atoms. The molecule has 0 aromatic heterocycles. The molecule has 0 radical (unpaired) electrons. The lowest BCUT2D eigenvalue weighted by atomic mass is 9.72. The van der Waals surface area contributed by atoms with Gasteiger partial charge in [0, 0.05) is 37.4 Å². The predicted molar refractivity (Wildman–Crippen MR) is 111 cm³/mol. The highest BCUT2D eigenvalue weighted by atomic mass is 35.5. The van der Waals surface area contributed by atoms with Crippen LogP contribution in [0, 0.1) is 5.92 Å². The summed E-state index contributed by atoms with van der Waals surface area (Å²) in [6.07, 6.45) is 6.30. The molecule has 1 aliphatic carbocycles. The van der Waals surface area contributed by atoms with Gasteiger partial charge >= 0.3 is 0 Å². The molecule has 2 heterocycles. The van der Waals surface area contributed by atoms with Gasteiger partial charge in [-0.1, -0.05) is 29.8 Å². The number of nitrogens with one attached hydrogen (secondary N) is 1. The van der Waals surface area contributed by atoms with E-state index in [1.807, 2.05) is 24.3 Å². The van der Waals surface area contributed by atoms with Crippen molar-refractivity contribution >= 4 is 29.9 Å². The largest absolute Gasteiger partial charge is 0.381 e. The van der Waals surface area contributed by atoms with E-state index >= 15 is 0 Å². The van der Waals surface area contributed by atoms with Gasteiger partial charge in [0.15, 0.2) is 0 Å². The van der Waals surface area contributed by atoms with E-state index in [9.17, 15) is 4.79 Å². The van der Waals surface area contributed by atoms with Gasteiger partial charge in [0.2, 0.25) is 5.91 Å². The Hall–Kier alpha value is -0.810. The third kappa shape index (κ3) is 4.61. The molecule has 1 amide bonds. The molecule has 4 rings (SSSR count). The van der Waals surface area contributed by atoms with Crippen LogP contribution >= 0.6 is 24.0 Å². The lowest BCUT2D eigenvalue weighted by Gasteiger charge is -2.42. The van der Waals surface area contributed by atoms with E-state index in [1.165, 1.54) is 12.8 Å². The zero-order valence-corrected chi connectivity index (χ0v) is 17.4. The van der Waals surface area contributed by atoms with Crippen molar-refractivity contribution in [2.24, 2.45) is 5.92 Å². The number of ether oxygens (including phenoxy) is 1. The lowest BCUT2D eigenvalue weighted by Crippen LogP contribution is -2.54. The molecular weight excluding hydrogens is 383 g/mol. The summed E-state index contributed by atoms with van der Waals surface area (Å²) < 4.78 is 5.58. The van der Waals surface area contributed by atoms with Crippen LogP contribution in [0.3, 0.4) is 0 Å². The summed E-state index contributed by atoms with van der Waals surface area (Å²) in [7, 11) is 0. The molecule has 1 saturated carbocycles. The van der Waals surface area contributed by atoms with Gasteiger partial charge in [-0.3, -0.25) is 4.79 Å². The Balaban J connectivity index is 0.00000210. The van der Waals surface area contributed by atoms with Crippen molar-refractivity contribution in [3.8, 4) is 0 Å². The van der Waals surface area contributed by atoms with Crippen molar-refractivity contribution in [3.05, 3.63) is 34.9 Å². The van der Waals surface area contributed by atoms with E-state index in [-0.39, 0.29) is 18.3 Å². The molecule has 0 unspecified atom stereocenters.